The van der Waals surface area contributed by atoms with Gasteiger partial charge in [-0.05, 0) is 32.9 Å². The number of thiophene rings is 1. The molecule has 1 N–H and O–H groups in total. The minimum absolute atomic E-state index is 0.248. The molecule has 2 aromatic rings. The van der Waals surface area contributed by atoms with E-state index in [1.165, 1.54) is 4.88 Å². The zero-order chi connectivity index (χ0) is 12.4. The molecule has 1 unspecified atom stereocenters. The van der Waals surface area contributed by atoms with Crippen LogP contribution in [0.1, 0.15) is 37.7 Å². The molecule has 0 spiro atoms. The van der Waals surface area contributed by atoms with Crippen molar-refractivity contribution in [2.45, 2.75) is 32.9 Å². The third kappa shape index (κ3) is 3.01. The second kappa shape index (κ2) is 5.10. The first kappa shape index (κ1) is 12.5. The van der Waals surface area contributed by atoms with Crippen molar-refractivity contribution in [2.24, 2.45) is 0 Å². The predicted octanol–water partition coefficient (Wildman–Crippen LogP) is 4.35. The van der Waals surface area contributed by atoms with Crippen LogP contribution in [0.2, 0.25) is 4.34 Å². The van der Waals surface area contributed by atoms with Gasteiger partial charge in [0.05, 0.1) is 22.3 Å². The highest BCUT2D eigenvalue weighted by molar-refractivity contribution is 7.16. The highest BCUT2D eigenvalue weighted by Gasteiger charge is 2.09. The van der Waals surface area contributed by atoms with Gasteiger partial charge in [-0.1, -0.05) is 11.6 Å². The number of nitrogens with one attached hydrogen (secondary N) is 1. The summed E-state index contributed by atoms with van der Waals surface area (Å²) in [5.41, 5.74) is 1.04. The predicted molar refractivity (Wildman–Crippen MR) is 74.0 cm³/mol. The molecule has 0 radical (unpaired) electrons. The van der Waals surface area contributed by atoms with E-state index in [1.807, 2.05) is 23.1 Å². The second-order valence-corrected chi connectivity index (χ2v) is 6.06. The molecular formula is C12H16ClN3S. The summed E-state index contributed by atoms with van der Waals surface area (Å²) >= 11 is 7.53. The number of rotatable bonds is 4. The van der Waals surface area contributed by atoms with E-state index in [2.05, 4.69) is 37.3 Å². The summed E-state index contributed by atoms with van der Waals surface area (Å²) in [4.78, 5) is 1.23. The van der Waals surface area contributed by atoms with Crippen molar-refractivity contribution < 1.29 is 0 Å². The molecule has 0 aliphatic carbocycles. The zero-order valence-corrected chi connectivity index (χ0v) is 11.7. The van der Waals surface area contributed by atoms with Crippen LogP contribution in [0.5, 0.6) is 0 Å². The van der Waals surface area contributed by atoms with Crippen molar-refractivity contribution in [1.29, 1.82) is 0 Å². The summed E-state index contributed by atoms with van der Waals surface area (Å²) in [6, 6.07) is 4.61. The number of aromatic nitrogens is 2. The molecule has 2 rings (SSSR count). The van der Waals surface area contributed by atoms with E-state index in [0.717, 1.165) is 10.0 Å². The van der Waals surface area contributed by atoms with Crippen molar-refractivity contribution >= 4 is 28.6 Å². The zero-order valence-electron chi connectivity index (χ0n) is 10.1. The van der Waals surface area contributed by atoms with Crippen LogP contribution in [-0.4, -0.2) is 9.78 Å². The topological polar surface area (TPSA) is 29.9 Å². The monoisotopic (exact) mass is 269 g/mol. The largest absolute Gasteiger partial charge is 0.375 e. The molecule has 0 aliphatic rings. The SMILES string of the molecule is CC(Nc1cnn(C(C)C)c1)c1ccc(Cl)s1. The average molecular weight is 270 g/mol. The lowest BCUT2D eigenvalue weighted by Crippen LogP contribution is -2.04. The molecule has 17 heavy (non-hydrogen) atoms. The number of nitrogens with zero attached hydrogens (tertiary/aromatic N) is 2. The van der Waals surface area contributed by atoms with Crippen LogP contribution >= 0.6 is 22.9 Å². The van der Waals surface area contributed by atoms with E-state index in [0.29, 0.717) is 6.04 Å². The lowest BCUT2D eigenvalue weighted by atomic mass is 10.2. The van der Waals surface area contributed by atoms with Crippen molar-refractivity contribution in [3.8, 4) is 0 Å². The lowest BCUT2D eigenvalue weighted by Gasteiger charge is -2.11. The fraction of sp³-hybridized carbons (Fsp3) is 0.417. The summed E-state index contributed by atoms with van der Waals surface area (Å²) < 4.78 is 2.77. The van der Waals surface area contributed by atoms with Gasteiger partial charge in [-0.2, -0.15) is 5.10 Å². The Kier molecular flexibility index (Phi) is 3.74. The van der Waals surface area contributed by atoms with Crippen LogP contribution in [0.25, 0.3) is 0 Å². The minimum Gasteiger partial charge on any atom is -0.375 e. The standard InChI is InChI=1S/C12H16ClN3S/c1-8(2)16-7-10(6-14-16)15-9(3)11-4-5-12(13)17-11/h4-9,15H,1-3H3. The molecular weight excluding hydrogens is 254 g/mol. The van der Waals surface area contributed by atoms with Gasteiger partial charge >= 0.3 is 0 Å². The fourth-order valence-electron chi connectivity index (χ4n) is 1.58. The smallest absolute Gasteiger partial charge is 0.0932 e. The molecule has 5 heteroatoms. The Bertz CT molecular complexity index is 489. The first-order valence-corrected chi connectivity index (χ1v) is 6.81. The first-order chi connectivity index (χ1) is 8.06. The van der Waals surface area contributed by atoms with Crippen molar-refractivity contribution in [3.05, 3.63) is 33.7 Å². The Morgan fingerprint density at radius 2 is 2.12 bits per heavy atom. The molecule has 0 aliphatic heterocycles. The van der Waals surface area contributed by atoms with Gasteiger partial charge in [-0.3, -0.25) is 4.68 Å². The van der Waals surface area contributed by atoms with Crippen LogP contribution in [-0.2, 0) is 0 Å². The highest BCUT2D eigenvalue weighted by atomic mass is 35.5. The Hall–Kier alpha value is -1.000. The van der Waals surface area contributed by atoms with E-state index < -0.39 is 0 Å². The third-order valence-electron chi connectivity index (χ3n) is 2.53. The summed E-state index contributed by atoms with van der Waals surface area (Å²) in [6.45, 7) is 6.34. The van der Waals surface area contributed by atoms with E-state index >= 15 is 0 Å². The molecule has 3 nitrogen and oxygen atoms in total. The molecule has 2 heterocycles. The van der Waals surface area contributed by atoms with Crippen LogP contribution < -0.4 is 5.32 Å². The maximum Gasteiger partial charge on any atom is 0.0932 e. The summed E-state index contributed by atoms with van der Waals surface area (Å²) in [7, 11) is 0. The quantitative estimate of drug-likeness (QED) is 0.894. The van der Waals surface area contributed by atoms with Crippen molar-refractivity contribution in [1.82, 2.24) is 9.78 Å². The van der Waals surface area contributed by atoms with Gasteiger partial charge < -0.3 is 5.32 Å². The van der Waals surface area contributed by atoms with E-state index in [-0.39, 0.29) is 6.04 Å². The molecule has 1 atom stereocenters. The molecule has 0 saturated carbocycles. The fourth-order valence-corrected chi connectivity index (χ4v) is 2.64. The Morgan fingerprint density at radius 3 is 2.65 bits per heavy atom. The maximum absolute atomic E-state index is 5.93. The second-order valence-electron chi connectivity index (χ2n) is 4.31. The van der Waals surface area contributed by atoms with Gasteiger partial charge in [0.2, 0.25) is 0 Å². The summed E-state index contributed by atoms with van der Waals surface area (Å²) in [5.74, 6) is 0. The summed E-state index contributed by atoms with van der Waals surface area (Å²) in [6.07, 6.45) is 3.88. The number of halogens is 1. The van der Waals surface area contributed by atoms with Crippen LogP contribution in [0.3, 0.4) is 0 Å². The van der Waals surface area contributed by atoms with Gasteiger partial charge in [0.25, 0.3) is 0 Å². The minimum atomic E-state index is 0.248. The van der Waals surface area contributed by atoms with Crippen LogP contribution in [0.4, 0.5) is 5.69 Å². The number of anilines is 1. The third-order valence-corrected chi connectivity index (χ3v) is 3.95. The first-order valence-electron chi connectivity index (χ1n) is 5.62. The normalized spacial score (nSPS) is 13.0. The Morgan fingerprint density at radius 1 is 1.35 bits per heavy atom. The molecule has 0 bridgehead atoms. The van der Waals surface area contributed by atoms with E-state index in [4.69, 9.17) is 11.6 Å². The molecule has 0 amide bonds. The molecule has 92 valence electrons. The maximum atomic E-state index is 5.93. The number of hydrogen-bond acceptors (Lipinski definition) is 3. The van der Waals surface area contributed by atoms with Gasteiger partial charge in [0.15, 0.2) is 0 Å². The Labute approximate surface area is 110 Å². The van der Waals surface area contributed by atoms with Gasteiger partial charge in [0, 0.05) is 17.1 Å². The van der Waals surface area contributed by atoms with Crippen LogP contribution in [0, 0.1) is 0 Å². The molecule has 0 aromatic carbocycles. The van der Waals surface area contributed by atoms with Gasteiger partial charge in [-0.15, -0.1) is 11.3 Å². The molecule has 0 saturated heterocycles. The highest BCUT2D eigenvalue weighted by Crippen LogP contribution is 2.28. The van der Waals surface area contributed by atoms with Crippen molar-refractivity contribution in [2.75, 3.05) is 5.32 Å². The lowest BCUT2D eigenvalue weighted by molar-refractivity contribution is 0.532. The van der Waals surface area contributed by atoms with Gasteiger partial charge in [-0.25, -0.2) is 0 Å². The molecule has 0 fully saturated rings. The van der Waals surface area contributed by atoms with Crippen LogP contribution in [0.15, 0.2) is 24.5 Å². The summed E-state index contributed by atoms with van der Waals surface area (Å²) in [5, 5.41) is 7.71. The Balaban J connectivity index is 2.05. The van der Waals surface area contributed by atoms with E-state index in [9.17, 15) is 0 Å². The van der Waals surface area contributed by atoms with Crippen molar-refractivity contribution in [3.63, 3.8) is 0 Å². The molecule has 2 aromatic heterocycles. The average Bonchev–Trinajstić information content (AvgIpc) is 2.86. The van der Waals surface area contributed by atoms with Gasteiger partial charge in [0.1, 0.15) is 0 Å². The van der Waals surface area contributed by atoms with E-state index in [1.54, 1.807) is 11.3 Å². The number of hydrogen-bond donors (Lipinski definition) is 1.